The number of aromatic nitrogens is 1. The molecule has 0 aliphatic carbocycles. The fraction of sp³-hybridized carbons (Fsp3) is 0.424. The lowest BCUT2D eigenvalue weighted by atomic mass is 9.89. The summed E-state index contributed by atoms with van der Waals surface area (Å²) in [4.78, 5) is 37.3. The highest BCUT2D eigenvalue weighted by Crippen LogP contribution is 2.34. The van der Waals surface area contributed by atoms with Crippen molar-refractivity contribution in [2.75, 3.05) is 57.0 Å². The van der Waals surface area contributed by atoms with E-state index in [1.807, 2.05) is 59.3 Å². The number of urea groups is 1. The van der Waals surface area contributed by atoms with Crippen molar-refractivity contribution in [3.05, 3.63) is 78.0 Å². The number of likely N-dealkylation sites (tertiary alicyclic amines) is 1. The van der Waals surface area contributed by atoms with Gasteiger partial charge in [-0.15, -0.1) is 0 Å². The topological polar surface area (TPSA) is 80.8 Å². The Labute approximate surface area is 243 Å². The van der Waals surface area contributed by atoms with Crippen molar-refractivity contribution in [3.8, 4) is 0 Å². The molecule has 216 valence electrons. The predicted octanol–water partition coefficient (Wildman–Crippen LogP) is 5.16. The summed E-state index contributed by atoms with van der Waals surface area (Å²) in [6, 6.07) is 16.5. The number of piperidine rings is 2. The van der Waals surface area contributed by atoms with Gasteiger partial charge >= 0.3 is 6.03 Å². The first kappa shape index (κ1) is 28.8. The second-order valence-electron chi connectivity index (χ2n) is 11.5. The largest absolute Gasteiger partial charge is 0.325 e. The zero-order valence-corrected chi connectivity index (χ0v) is 24.5. The predicted molar refractivity (Wildman–Crippen MR) is 167 cm³/mol. The van der Waals surface area contributed by atoms with Crippen molar-refractivity contribution >= 4 is 34.2 Å². The van der Waals surface area contributed by atoms with Crippen LogP contribution in [0.25, 0.3) is 10.8 Å². The normalized spacial score (nSPS) is 18.2. The number of carbonyl (C=O) groups is 2. The van der Waals surface area contributed by atoms with Crippen LogP contribution in [0, 0.1) is 6.92 Å². The molecule has 0 saturated carbocycles. The van der Waals surface area contributed by atoms with Gasteiger partial charge < -0.3 is 20.4 Å². The van der Waals surface area contributed by atoms with Gasteiger partial charge in [0, 0.05) is 49.5 Å². The summed E-state index contributed by atoms with van der Waals surface area (Å²) < 4.78 is 0. The van der Waals surface area contributed by atoms with Crippen molar-refractivity contribution in [2.45, 2.75) is 44.6 Å². The first-order valence-corrected chi connectivity index (χ1v) is 14.8. The van der Waals surface area contributed by atoms with E-state index in [0.717, 1.165) is 73.2 Å². The number of anilines is 2. The van der Waals surface area contributed by atoms with Crippen LogP contribution in [0.5, 0.6) is 0 Å². The molecular formula is C33H42N6O2. The molecule has 41 heavy (non-hydrogen) atoms. The van der Waals surface area contributed by atoms with Gasteiger partial charge in [0.15, 0.2) is 0 Å². The second-order valence-corrected chi connectivity index (χ2v) is 11.5. The molecule has 2 fully saturated rings. The van der Waals surface area contributed by atoms with E-state index < -0.39 is 0 Å². The molecule has 1 atom stereocenters. The number of amides is 3. The minimum Gasteiger partial charge on any atom is -0.324 e. The first-order valence-electron chi connectivity index (χ1n) is 14.8. The molecule has 0 bridgehead atoms. The number of hydrogen-bond donors (Lipinski definition) is 2. The van der Waals surface area contributed by atoms with Crippen LogP contribution in [0.4, 0.5) is 16.3 Å². The molecule has 5 rings (SSSR count). The SMILES string of the molecule is Cc1cccc2ccnc(N(C(=O)N3CCC(c4cccc(NC(=O)/C=C/CN(C)C)c4)CC3)[C@@H]3CCCNC3)c12. The molecule has 0 spiro atoms. The summed E-state index contributed by atoms with van der Waals surface area (Å²) >= 11 is 0. The second kappa shape index (κ2) is 13.3. The molecule has 1 aromatic heterocycles. The fourth-order valence-corrected chi connectivity index (χ4v) is 6.03. The third-order valence-electron chi connectivity index (χ3n) is 8.18. The molecule has 3 amide bonds. The van der Waals surface area contributed by atoms with E-state index in [0.29, 0.717) is 19.0 Å². The number of rotatable bonds is 7. The summed E-state index contributed by atoms with van der Waals surface area (Å²) in [6.45, 7) is 5.95. The molecule has 2 N–H and O–H groups in total. The molecular weight excluding hydrogens is 512 g/mol. The number of nitrogens with one attached hydrogen (secondary N) is 2. The van der Waals surface area contributed by atoms with Gasteiger partial charge in [0.2, 0.25) is 5.91 Å². The zero-order valence-electron chi connectivity index (χ0n) is 24.5. The molecule has 0 unspecified atom stereocenters. The molecule has 3 aromatic rings. The van der Waals surface area contributed by atoms with Gasteiger partial charge in [-0.25, -0.2) is 9.78 Å². The Balaban J connectivity index is 1.29. The van der Waals surface area contributed by atoms with Gasteiger partial charge in [0.05, 0.1) is 6.04 Å². The van der Waals surface area contributed by atoms with Crippen molar-refractivity contribution in [1.29, 1.82) is 0 Å². The number of fused-ring (bicyclic) bond motifs is 1. The van der Waals surface area contributed by atoms with E-state index in [2.05, 4.69) is 47.9 Å². The number of pyridine rings is 1. The maximum atomic E-state index is 14.2. The number of nitrogens with zero attached hydrogens (tertiary/aromatic N) is 4. The highest BCUT2D eigenvalue weighted by molar-refractivity contribution is 6.03. The summed E-state index contributed by atoms with van der Waals surface area (Å²) in [5.41, 5.74) is 3.13. The smallest absolute Gasteiger partial charge is 0.324 e. The third-order valence-corrected chi connectivity index (χ3v) is 8.18. The Morgan fingerprint density at radius 2 is 1.90 bits per heavy atom. The van der Waals surface area contributed by atoms with E-state index in [9.17, 15) is 9.59 Å². The number of aryl methyl sites for hydroxylation is 1. The van der Waals surface area contributed by atoms with E-state index in [-0.39, 0.29) is 18.0 Å². The van der Waals surface area contributed by atoms with Gasteiger partial charge in [0.25, 0.3) is 0 Å². The van der Waals surface area contributed by atoms with Crippen LogP contribution in [0.3, 0.4) is 0 Å². The number of likely N-dealkylation sites (N-methyl/N-ethyl adjacent to an activating group) is 1. The maximum absolute atomic E-state index is 14.2. The number of hydrogen-bond acceptors (Lipinski definition) is 5. The number of carbonyl (C=O) groups excluding carboxylic acids is 2. The molecule has 2 aromatic carbocycles. The Kier molecular flexibility index (Phi) is 9.31. The van der Waals surface area contributed by atoms with Crippen LogP contribution in [0.15, 0.2) is 66.9 Å². The first-order chi connectivity index (χ1) is 19.9. The Hall–Kier alpha value is -3.75. The standard InChI is InChI=1S/C33H42N6O2/c1-24-8-4-9-26-14-18-35-32(31(24)26)39(29-12-6-17-34-23-29)33(41)38-20-15-25(16-21-38)27-10-5-11-28(22-27)36-30(40)13-7-19-37(2)3/h4-5,7-11,13-14,18,22,25,29,34H,6,12,15-17,19-21,23H2,1-3H3,(H,36,40)/b13-7+/t29-/m1/s1. The Morgan fingerprint density at radius 3 is 2.66 bits per heavy atom. The number of benzene rings is 2. The molecule has 8 nitrogen and oxygen atoms in total. The molecule has 2 aliphatic rings. The third kappa shape index (κ3) is 6.94. The molecule has 3 heterocycles. The summed E-state index contributed by atoms with van der Waals surface area (Å²) in [5.74, 6) is 0.978. The molecule has 0 radical (unpaired) electrons. The summed E-state index contributed by atoms with van der Waals surface area (Å²) in [7, 11) is 3.94. The highest BCUT2D eigenvalue weighted by Gasteiger charge is 2.34. The van der Waals surface area contributed by atoms with Gasteiger partial charge in [-0.2, -0.15) is 0 Å². The van der Waals surface area contributed by atoms with Crippen LogP contribution in [-0.2, 0) is 4.79 Å². The van der Waals surface area contributed by atoms with Crippen molar-refractivity contribution in [1.82, 2.24) is 20.1 Å². The lowest BCUT2D eigenvalue weighted by Crippen LogP contribution is -2.55. The van der Waals surface area contributed by atoms with E-state index in [1.165, 1.54) is 5.56 Å². The Bertz CT molecular complexity index is 1380. The van der Waals surface area contributed by atoms with Crippen LogP contribution in [0.1, 0.15) is 42.7 Å². The van der Waals surface area contributed by atoms with Gasteiger partial charge in [-0.05, 0) is 93.9 Å². The lowest BCUT2D eigenvalue weighted by Gasteiger charge is -2.40. The Morgan fingerprint density at radius 1 is 1.10 bits per heavy atom. The highest BCUT2D eigenvalue weighted by atomic mass is 16.2. The zero-order chi connectivity index (χ0) is 28.8. The van der Waals surface area contributed by atoms with Crippen molar-refractivity contribution in [2.24, 2.45) is 0 Å². The average molecular weight is 555 g/mol. The van der Waals surface area contributed by atoms with Crippen LogP contribution < -0.4 is 15.5 Å². The average Bonchev–Trinajstić information content (AvgIpc) is 2.98. The van der Waals surface area contributed by atoms with E-state index in [1.54, 1.807) is 6.08 Å². The molecule has 2 saturated heterocycles. The van der Waals surface area contributed by atoms with Crippen LogP contribution in [-0.4, -0.2) is 79.6 Å². The lowest BCUT2D eigenvalue weighted by molar-refractivity contribution is -0.111. The summed E-state index contributed by atoms with van der Waals surface area (Å²) in [5, 5.41) is 8.64. The fourth-order valence-electron chi connectivity index (χ4n) is 6.03. The van der Waals surface area contributed by atoms with Gasteiger partial charge in [0.1, 0.15) is 5.82 Å². The summed E-state index contributed by atoms with van der Waals surface area (Å²) in [6.07, 6.45) is 9.02. The van der Waals surface area contributed by atoms with E-state index in [4.69, 9.17) is 4.98 Å². The molecule has 8 heteroatoms. The van der Waals surface area contributed by atoms with Crippen LogP contribution in [0.2, 0.25) is 0 Å². The molecule has 2 aliphatic heterocycles. The minimum atomic E-state index is -0.126. The monoisotopic (exact) mass is 554 g/mol. The van der Waals surface area contributed by atoms with Crippen molar-refractivity contribution < 1.29 is 9.59 Å². The van der Waals surface area contributed by atoms with Crippen LogP contribution >= 0.6 is 0 Å². The minimum absolute atomic E-state index is 0.0472. The quantitative estimate of drug-likeness (QED) is 0.395. The maximum Gasteiger partial charge on any atom is 0.325 e. The van der Waals surface area contributed by atoms with Crippen molar-refractivity contribution in [3.63, 3.8) is 0 Å². The van der Waals surface area contributed by atoms with E-state index >= 15 is 0 Å². The van der Waals surface area contributed by atoms with Gasteiger partial charge in [-0.3, -0.25) is 9.69 Å². The van der Waals surface area contributed by atoms with Gasteiger partial charge in [-0.1, -0.05) is 36.4 Å².